The summed E-state index contributed by atoms with van der Waals surface area (Å²) in [5.74, 6) is 0.693. The average Bonchev–Trinajstić information content (AvgIpc) is 2.86. The Balaban J connectivity index is 1.92. The quantitative estimate of drug-likeness (QED) is 0.803. The summed E-state index contributed by atoms with van der Waals surface area (Å²) in [7, 11) is 3.76. The van der Waals surface area contributed by atoms with Crippen LogP contribution in [0.1, 0.15) is 25.7 Å². The summed E-state index contributed by atoms with van der Waals surface area (Å²) >= 11 is 0. The maximum Gasteiger partial charge on any atom is 0.345 e. The lowest BCUT2D eigenvalue weighted by atomic mass is 10.00. The molecule has 2 atom stereocenters. The number of rotatable bonds is 4. The minimum atomic E-state index is -0.0148. The van der Waals surface area contributed by atoms with Gasteiger partial charge in [0.1, 0.15) is 6.33 Å². The van der Waals surface area contributed by atoms with E-state index in [4.69, 9.17) is 0 Å². The zero-order valence-electron chi connectivity index (χ0n) is 10.0. The highest BCUT2D eigenvalue weighted by molar-refractivity contribution is 4.82. The van der Waals surface area contributed by atoms with Crippen molar-refractivity contribution in [2.45, 2.75) is 38.3 Å². The molecule has 2 unspecified atom stereocenters. The van der Waals surface area contributed by atoms with E-state index in [1.54, 1.807) is 18.1 Å². The van der Waals surface area contributed by atoms with Crippen LogP contribution in [0, 0.1) is 5.92 Å². The first-order valence-corrected chi connectivity index (χ1v) is 5.98. The molecule has 1 heterocycles. The highest BCUT2D eigenvalue weighted by Gasteiger charge is 2.25. The number of nitrogens with zero attached hydrogens (tertiary/aromatic N) is 3. The lowest BCUT2D eigenvalue weighted by Gasteiger charge is -2.18. The molecule has 0 bridgehead atoms. The van der Waals surface area contributed by atoms with Gasteiger partial charge in [0.25, 0.3) is 0 Å². The van der Waals surface area contributed by atoms with Gasteiger partial charge >= 0.3 is 5.69 Å². The van der Waals surface area contributed by atoms with E-state index in [0.29, 0.717) is 12.0 Å². The van der Waals surface area contributed by atoms with Gasteiger partial charge in [0.15, 0.2) is 0 Å². The Labute approximate surface area is 95.5 Å². The monoisotopic (exact) mass is 224 g/mol. The van der Waals surface area contributed by atoms with Crippen molar-refractivity contribution in [2.75, 3.05) is 7.05 Å². The number of nitrogens with one attached hydrogen (secondary N) is 1. The Morgan fingerprint density at radius 3 is 3.00 bits per heavy atom. The van der Waals surface area contributed by atoms with Crippen molar-refractivity contribution in [3.63, 3.8) is 0 Å². The van der Waals surface area contributed by atoms with Crippen molar-refractivity contribution in [1.82, 2.24) is 19.7 Å². The molecule has 0 radical (unpaired) electrons. The Kier molecular flexibility index (Phi) is 3.43. The molecule has 0 aromatic carbocycles. The van der Waals surface area contributed by atoms with Gasteiger partial charge in [-0.3, -0.25) is 4.57 Å². The van der Waals surface area contributed by atoms with Crippen molar-refractivity contribution in [1.29, 1.82) is 0 Å². The molecule has 90 valence electrons. The van der Waals surface area contributed by atoms with Crippen LogP contribution in [-0.2, 0) is 13.6 Å². The van der Waals surface area contributed by atoms with Gasteiger partial charge in [-0.15, -0.1) is 0 Å². The van der Waals surface area contributed by atoms with Gasteiger partial charge in [-0.05, 0) is 32.2 Å². The van der Waals surface area contributed by atoms with E-state index in [1.165, 1.54) is 23.8 Å². The SMILES string of the molecule is CNC1CCCC1CCn1ncn(C)c1=O. The van der Waals surface area contributed by atoms with Gasteiger partial charge in [0.05, 0.1) is 0 Å². The van der Waals surface area contributed by atoms with Crippen LogP contribution < -0.4 is 11.0 Å². The summed E-state index contributed by atoms with van der Waals surface area (Å²) < 4.78 is 3.08. The Morgan fingerprint density at radius 2 is 2.38 bits per heavy atom. The number of hydrogen-bond donors (Lipinski definition) is 1. The summed E-state index contributed by atoms with van der Waals surface area (Å²) in [4.78, 5) is 11.6. The predicted octanol–water partition coefficient (Wildman–Crippen LogP) is 0.360. The second kappa shape index (κ2) is 4.82. The normalized spacial score (nSPS) is 25.1. The molecule has 0 amide bonds. The lowest BCUT2D eigenvalue weighted by Crippen LogP contribution is -2.31. The summed E-state index contributed by atoms with van der Waals surface area (Å²) in [6.07, 6.45) is 6.45. The zero-order valence-corrected chi connectivity index (χ0v) is 10.0. The molecule has 0 aliphatic heterocycles. The molecule has 1 aromatic rings. The molecule has 2 rings (SSSR count). The van der Waals surface area contributed by atoms with E-state index < -0.39 is 0 Å². The first-order valence-electron chi connectivity index (χ1n) is 5.98. The van der Waals surface area contributed by atoms with Gasteiger partial charge < -0.3 is 5.32 Å². The van der Waals surface area contributed by atoms with Crippen molar-refractivity contribution in [3.8, 4) is 0 Å². The minimum Gasteiger partial charge on any atom is -0.317 e. The lowest BCUT2D eigenvalue weighted by molar-refractivity contribution is 0.366. The van der Waals surface area contributed by atoms with Gasteiger partial charge in [-0.25, -0.2) is 9.48 Å². The van der Waals surface area contributed by atoms with Crippen LogP contribution in [0.2, 0.25) is 0 Å². The maximum absolute atomic E-state index is 11.6. The summed E-state index contributed by atoms with van der Waals surface area (Å²) in [5, 5.41) is 7.43. The highest BCUT2D eigenvalue weighted by Crippen LogP contribution is 2.28. The van der Waals surface area contributed by atoms with Crippen LogP contribution >= 0.6 is 0 Å². The number of hydrogen-bond acceptors (Lipinski definition) is 3. The maximum atomic E-state index is 11.6. The molecule has 1 aliphatic rings. The fourth-order valence-electron chi connectivity index (χ4n) is 2.62. The standard InChI is InChI=1S/C11H20N4O/c1-12-10-5-3-4-9(10)6-7-15-11(16)14(2)8-13-15/h8-10,12H,3-7H2,1-2H3. The Morgan fingerprint density at radius 1 is 1.56 bits per heavy atom. The average molecular weight is 224 g/mol. The van der Waals surface area contributed by atoms with Crippen LogP contribution in [0.5, 0.6) is 0 Å². The van der Waals surface area contributed by atoms with E-state index >= 15 is 0 Å². The predicted molar refractivity (Wildman–Crippen MR) is 62.3 cm³/mol. The van der Waals surface area contributed by atoms with Crippen LogP contribution in [0.4, 0.5) is 0 Å². The number of aromatic nitrogens is 3. The fraction of sp³-hybridized carbons (Fsp3) is 0.818. The minimum absolute atomic E-state index is 0.0148. The van der Waals surface area contributed by atoms with Crippen LogP contribution in [0.15, 0.2) is 11.1 Å². The Hall–Kier alpha value is -1.10. The second-order valence-electron chi connectivity index (χ2n) is 4.62. The summed E-state index contributed by atoms with van der Waals surface area (Å²) in [6, 6.07) is 0.624. The van der Waals surface area contributed by atoms with Crippen molar-refractivity contribution in [3.05, 3.63) is 16.8 Å². The Bertz CT molecular complexity index is 395. The summed E-state index contributed by atoms with van der Waals surface area (Å²) in [6.45, 7) is 0.739. The van der Waals surface area contributed by atoms with E-state index in [2.05, 4.69) is 10.4 Å². The van der Waals surface area contributed by atoms with Crippen LogP contribution in [-0.4, -0.2) is 27.4 Å². The van der Waals surface area contributed by atoms with E-state index in [1.807, 2.05) is 7.05 Å². The molecule has 1 saturated carbocycles. The van der Waals surface area contributed by atoms with Gasteiger partial charge in [0, 0.05) is 19.6 Å². The molecule has 0 spiro atoms. The van der Waals surface area contributed by atoms with Crippen molar-refractivity contribution >= 4 is 0 Å². The molecular weight excluding hydrogens is 204 g/mol. The third-order valence-corrected chi connectivity index (χ3v) is 3.63. The van der Waals surface area contributed by atoms with Gasteiger partial charge in [-0.1, -0.05) is 6.42 Å². The van der Waals surface area contributed by atoms with Gasteiger partial charge in [-0.2, -0.15) is 5.10 Å². The molecule has 1 aliphatic carbocycles. The van der Waals surface area contributed by atoms with E-state index in [-0.39, 0.29) is 5.69 Å². The van der Waals surface area contributed by atoms with E-state index in [0.717, 1.165) is 13.0 Å². The molecule has 5 nitrogen and oxygen atoms in total. The third kappa shape index (κ3) is 2.19. The summed E-state index contributed by atoms with van der Waals surface area (Å²) in [5.41, 5.74) is -0.0148. The van der Waals surface area contributed by atoms with Gasteiger partial charge in [0.2, 0.25) is 0 Å². The van der Waals surface area contributed by atoms with Crippen LogP contribution in [0.25, 0.3) is 0 Å². The smallest absolute Gasteiger partial charge is 0.317 e. The third-order valence-electron chi connectivity index (χ3n) is 3.63. The number of aryl methyl sites for hydroxylation is 2. The molecular formula is C11H20N4O. The zero-order chi connectivity index (χ0) is 11.5. The molecule has 16 heavy (non-hydrogen) atoms. The van der Waals surface area contributed by atoms with Crippen molar-refractivity contribution in [2.24, 2.45) is 13.0 Å². The van der Waals surface area contributed by atoms with E-state index in [9.17, 15) is 4.79 Å². The molecule has 0 saturated heterocycles. The molecule has 1 fully saturated rings. The molecule has 5 heteroatoms. The second-order valence-corrected chi connectivity index (χ2v) is 4.62. The van der Waals surface area contributed by atoms with Crippen molar-refractivity contribution < 1.29 is 0 Å². The van der Waals surface area contributed by atoms with Crippen LogP contribution in [0.3, 0.4) is 0 Å². The molecule has 1 aromatic heterocycles. The fourth-order valence-corrected chi connectivity index (χ4v) is 2.62. The first kappa shape index (κ1) is 11.4. The molecule has 1 N–H and O–H groups in total. The topological polar surface area (TPSA) is 51.9 Å². The largest absolute Gasteiger partial charge is 0.345 e. The highest BCUT2D eigenvalue weighted by atomic mass is 16.2. The first-order chi connectivity index (χ1) is 7.72.